The average molecular weight is 324 g/mol. The summed E-state index contributed by atoms with van der Waals surface area (Å²) in [5, 5.41) is 11.3. The molecule has 2 aromatic rings. The number of rotatable bonds is 3. The van der Waals surface area contributed by atoms with Crippen LogP contribution in [-0.2, 0) is 0 Å². The van der Waals surface area contributed by atoms with Gasteiger partial charge in [0.05, 0.1) is 0 Å². The molecule has 1 aromatic carbocycles. The standard InChI is InChI=1S/C13H10BrNO4/c1-7-4-8(14)6-9(5-7)15-12(16)10-2-3-11(19-10)13(17)18/h2-6H,1H3,(H,15,16)(H,17,18). The van der Waals surface area contributed by atoms with Gasteiger partial charge in [-0.2, -0.15) is 0 Å². The molecule has 1 heterocycles. The zero-order chi connectivity index (χ0) is 14.0. The number of hydrogen-bond donors (Lipinski definition) is 2. The first kappa shape index (κ1) is 13.4. The smallest absolute Gasteiger partial charge is 0.371 e. The number of carboxylic acid groups (broad SMARTS) is 1. The number of nitrogens with one attached hydrogen (secondary N) is 1. The molecule has 1 aromatic heterocycles. The number of anilines is 1. The molecule has 1 amide bonds. The van der Waals surface area contributed by atoms with Crippen LogP contribution in [-0.4, -0.2) is 17.0 Å². The van der Waals surface area contributed by atoms with Gasteiger partial charge in [-0.25, -0.2) is 4.79 Å². The van der Waals surface area contributed by atoms with E-state index in [0.717, 1.165) is 10.0 Å². The van der Waals surface area contributed by atoms with E-state index in [1.807, 2.05) is 13.0 Å². The Labute approximate surface area is 117 Å². The van der Waals surface area contributed by atoms with Crippen LogP contribution in [0.2, 0.25) is 0 Å². The van der Waals surface area contributed by atoms with E-state index in [9.17, 15) is 9.59 Å². The van der Waals surface area contributed by atoms with Crippen LogP contribution in [0.25, 0.3) is 0 Å². The average Bonchev–Trinajstić information content (AvgIpc) is 2.76. The van der Waals surface area contributed by atoms with Crippen LogP contribution in [0.4, 0.5) is 5.69 Å². The zero-order valence-corrected chi connectivity index (χ0v) is 11.5. The minimum absolute atomic E-state index is 0.0463. The third-order valence-corrected chi connectivity index (χ3v) is 2.80. The topological polar surface area (TPSA) is 79.5 Å². The normalized spacial score (nSPS) is 10.2. The lowest BCUT2D eigenvalue weighted by atomic mass is 10.2. The molecule has 0 saturated heterocycles. The lowest BCUT2D eigenvalue weighted by Gasteiger charge is -2.05. The van der Waals surface area contributed by atoms with Gasteiger partial charge in [0, 0.05) is 10.2 Å². The van der Waals surface area contributed by atoms with Crippen LogP contribution in [0, 0.1) is 6.92 Å². The quantitative estimate of drug-likeness (QED) is 0.908. The fourth-order valence-corrected chi connectivity index (χ4v) is 2.18. The van der Waals surface area contributed by atoms with Gasteiger partial charge in [-0.3, -0.25) is 4.79 Å². The van der Waals surface area contributed by atoms with E-state index in [4.69, 9.17) is 9.52 Å². The van der Waals surface area contributed by atoms with Crippen LogP contribution >= 0.6 is 15.9 Å². The van der Waals surface area contributed by atoms with Crippen molar-refractivity contribution in [2.45, 2.75) is 6.92 Å². The molecule has 0 aliphatic carbocycles. The Hall–Kier alpha value is -2.08. The molecule has 0 saturated carbocycles. The summed E-state index contributed by atoms with van der Waals surface area (Å²) in [6.45, 7) is 1.90. The predicted octanol–water partition coefficient (Wildman–Crippen LogP) is 3.30. The maximum atomic E-state index is 11.9. The van der Waals surface area contributed by atoms with E-state index in [1.165, 1.54) is 12.1 Å². The molecule has 0 aliphatic heterocycles. The van der Waals surface area contributed by atoms with Gasteiger partial charge in [0.25, 0.3) is 5.91 Å². The summed E-state index contributed by atoms with van der Waals surface area (Å²) in [5.74, 6) is -2.02. The maximum absolute atomic E-state index is 11.9. The molecule has 5 nitrogen and oxygen atoms in total. The molecular formula is C13H10BrNO4. The summed E-state index contributed by atoms with van der Waals surface area (Å²) in [7, 11) is 0. The number of aromatic carboxylic acids is 1. The second-order valence-electron chi connectivity index (χ2n) is 3.94. The third-order valence-electron chi connectivity index (χ3n) is 2.34. The van der Waals surface area contributed by atoms with Crippen molar-refractivity contribution in [1.82, 2.24) is 0 Å². The lowest BCUT2D eigenvalue weighted by molar-refractivity contribution is 0.0660. The molecule has 98 valence electrons. The van der Waals surface area contributed by atoms with Gasteiger partial charge < -0.3 is 14.8 Å². The van der Waals surface area contributed by atoms with Crippen LogP contribution < -0.4 is 5.32 Å². The molecule has 6 heteroatoms. The van der Waals surface area contributed by atoms with Crippen molar-refractivity contribution in [3.8, 4) is 0 Å². The molecule has 0 bridgehead atoms. The molecule has 0 fully saturated rings. The molecule has 19 heavy (non-hydrogen) atoms. The van der Waals surface area contributed by atoms with Crippen LogP contribution in [0.5, 0.6) is 0 Å². The summed E-state index contributed by atoms with van der Waals surface area (Å²) in [4.78, 5) is 22.5. The van der Waals surface area contributed by atoms with Crippen molar-refractivity contribution in [3.63, 3.8) is 0 Å². The molecule has 0 radical (unpaired) electrons. The highest BCUT2D eigenvalue weighted by Crippen LogP contribution is 2.20. The summed E-state index contributed by atoms with van der Waals surface area (Å²) in [5.41, 5.74) is 1.58. The Morgan fingerprint density at radius 2 is 1.89 bits per heavy atom. The SMILES string of the molecule is Cc1cc(Br)cc(NC(=O)c2ccc(C(=O)O)o2)c1. The van der Waals surface area contributed by atoms with Crippen LogP contribution in [0.1, 0.15) is 26.7 Å². The molecule has 0 spiro atoms. The van der Waals surface area contributed by atoms with Crippen LogP contribution in [0.3, 0.4) is 0 Å². The number of furan rings is 1. The van der Waals surface area contributed by atoms with Gasteiger partial charge in [0.1, 0.15) is 0 Å². The summed E-state index contributed by atoms with van der Waals surface area (Å²) < 4.78 is 5.76. The predicted molar refractivity (Wildman–Crippen MR) is 72.5 cm³/mol. The largest absolute Gasteiger partial charge is 0.475 e. The van der Waals surface area contributed by atoms with E-state index in [-0.39, 0.29) is 11.5 Å². The molecule has 2 rings (SSSR count). The van der Waals surface area contributed by atoms with Crippen molar-refractivity contribution in [2.75, 3.05) is 5.32 Å². The second kappa shape index (κ2) is 5.27. The van der Waals surface area contributed by atoms with Crippen molar-refractivity contribution in [3.05, 3.63) is 51.9 Å². The van der Waals surface area contributed by atoms with Gasteiger partial charge >= 0.3 is 5.97 Å². The second-order valence-corrected chi connectivity index (χ2v) is 4.86. The first-order valence-electron chi connectivity index (χ1n) is 5.37. The first-order valence-corrected chi connectivity index (χ1v) is 6.16. The van der Waals surface area contributed by atoms with Crippen LogP contribution in [0.15, 0.2) is 39.2 Å². The summed E-state index contributed by atoms with van der Waals surface area (Å²) in [6, 6.07) is 8.01. The fraction of sp³-hybridized carbons (Fsp3) is 0.0769. The summed E-state index contributed by atoms with van der Waals surface area (Å²) >= 11 is 3.33. The van der Waals surface area contributed by atoms with E-state index in [0.29, 0.717) is 5.69 Å². The molecule has 0 aliphatic rings. The van der Waals surface area contributed by atoms with Crippen molar-refractivity contribution in [2.24, 2.45) is 0 Å². The third kappa shape index (κ3) is 3.23. The summed E-state index contributed by atoms with van der Waals surface area (Å²) in [6.07, 6.45) is 0. The zero-order valence-electron chi connectivity index (χ0n) is 9.94. The highest BCUT2D eigenvalue weighted by Gasteiger charge is 2.15. The minimum Gasteiger partial charge on any atom is -0.475 e. The van der Waals surface area contributed by atoms with Gasteiger partial charge in [-0.1, -0.05) is 15.9 Å². The Kier molecular flexibility index (Phi) is 3.71. The Morgan fingerprint density at radius 1 is 1.21 bits per heavy atom. The number of carbonyl (C=O) groups is 2. The minimum atomic E-state index is -1.21. The number of hydrogen-bond acceptors (Lipinski definition) is 3. The molecule has 2 N–H and O–H groups in total. The Balaban J connectivity index is 2.18. The molecule has 0 atom stereocenters. The maximum Gasteiger partial charge on any atom is 0.371 e. The monoisotopic (exact) mass is 323 g/mol. The van der Waals surface area contributed by atoms with Gasteiger partial charge in [-0.15, -0.1) is 0 Å². The van der Waals surface area contributed by atoms with Crippen molar-refractivity contribution < 1.29 is 19.1 Å². The van der Waals surface area contributed by atoms with Gasteiger partial charge in [0.2, 0.25) is 5.76 Å². The first-order chi connectivity index (χ1) is 8.95. The molecule has 0 unspecified atom stereocenters. The van der Waals surface area contributed by atoms with E-state index in [1.54, 1.807) is 12.1 Å². The number of amides is 1. The van der Waals surface area contributed by atoms with E-state index in [2.05, 4.69) is 21.2 Å². The highest BCUT2D eigenvalue weighted by molar-refractivity contribution is 9.10. The number of aryl methyl sites for hydroxylation is 1. The van der Waals surface area contributed by atoms with Gasteiger partial charge in [-0.05, 0) is 42.8 Å². The molecular weight excluding hydrogens is 314 g/mol. The van der Waals surface area contributed by atoms with Crippen molar-refractivity contribution >= 4 is 33.5 Å². The van der Waals surface area contributed by atoms with Gasteiger partial charge in [0.15, 0.2) is 5.76 Å². The number of carboxylic acids is 1. The van der Waals surface area contributed by atoms with E-state index < -0.39 is 11.9 Å². The Bertz CT molecular complexity index is 628. The number of carbonyl (C=O) groups excluding carboxylic acids is 1. The Morgan fingerprint density at radius 3 is 2.47 bits per heavy atom. The number of benzene rings is 1. The number of halogens is 1. The highest BCUT2D eigenvalue weighted by atomic mass is 79.9. The lowest BCUT2D eigenvalue weighted by Crippen LogP contribution is -2.11. The van der Waals surface area contributed by atoms with E-state index >= 15 is 0 Å². The van der Waals surface area contributed by atoms with Crippen molar-refractivity contribution in [1.29, 1.82) is 0 Å². The fourth-order valence-electron chi connectivity index (χ4n) is 1.58.